The Morgan fingerprint density at radius 3 is 2.55 bits per heavy atom. The summed E-state index contributed by atoms with van der Waals surface area (Å²) in [4.78, 5) is 26.2. The van der Waals surface area contributed by atoms with E-state index in [1.165, 1.54) is 0 Å². The second kappa shape index (κ2) is 8.57. The summed E-state index contributed by atoms with van der Waals surface area (Å²) >= 11 is 0. The number of carbonyl (C=O) groups is 1. The summed E-state index contributed by atoms with van der Waals surface area (Å²) in [6.45, 7) is 1.84. The van der Waals surface area contributed by atoms with E-state index < -0.39 is 0 Å². The van der Waals surface area contributed by atoms with Crippen LogP contribution in [0.1, 0.15) is 28.9 Å². The third-order valence-electron chi connectivity index (χ3n) is 5.23. The van der Waals surface area contributed by atoms with Gasteiger partial charge in [-0.3, -0.25) is 9.78 Å². The Morgan fingerprint density at radius 2 is 1.86 bits per heavy atom. The molecule has 0 bridgehead atoms. The van der Waals surface area contributed by atoms with Crippen molar-refractivity contribution < 1.29 is 9.53 Å². The summed E-state index contributed by atoms with van der Waals surface area (Å²) in [5.41, 5.74) is 4.09. The molecular weight excluding hydrogens is 364 g/mol. The molecule has 1 atom stereocenters. The van der Waals surface area contributed by atoms with Crippen LogP contribution in [0, 0.1) is 0 Å². The first-order valence-corrected chi connectivity index (χ1v) is 9.99. The number of fused-ring (bicyclic) bond motifs is 1. The number of hydrogen-bond donors (Lipinski definition) is 0. The van der Waals surface area contributed by atoms with E-state index >= 15 is 0 Å². The Morgan fingerprint density at radius 1 is 1.10 bits per heavy atom. The van der Waals surface area contributed by atoms with E-state index in [1.807, 2.05) is 43.3 Å². The largest absolute Gasteiger partial charge is 0.378 e. The molecule has 0 saturated carbocycles. The van der Waals surface area contributed by atoms with E-state index in [9.17, 15) is 4.79 Å². The fraction of sp³-hybridized carbons (Fsp3) is 0.348. The standard InChI is InChI=1S/C23H26N4O2/c1-26(2)18-11-9-17(10-12-18)15-27(16-19-6-5-13-29-19)23(28)22-14-24-20-7-3-4-8-21(20)25-22/h3-4,7-12,14,19H,5-6,13,15-16H2,1-2H3/t19-/m0/s1. The number of ether oxygens (including phenoxy) is 1. The van der Waals surface area contributed by atoms with Crippen molar-refractivity contribution in [3.63, 3.8) is 0 Å². The molecule has 1 aliphatic heterocycles. The van der Waals surface area contributed by atoms with E-state index in [4.69, 9.17) is 4.74 Å². The maximum Gasteiger partial charge on any atom is 0.274 e. The Kier molecular flexibility index (Phi) is 5.71. The number of rotatable bonds is 6. The van der Waals surface area contributed by atoms with Crippen LogP contribution in [0.15, 0.2) is 54.7 Å². The molecule has 29 heavy (non-hydrogen) atoms. The Bertz CT molecular complexity index is 982. The molecule has 0 N–H and O–H groups in total. The number of carbonyl (C=O) groups excluding carboxylic acids is 1. The Balaban J connectivity index is 1.58. The number of amides is 1. The maximum atomic E-state index is 13.3. The van der Waals surface area contributed by atoms with Crippen LogP contribution in [-0.2, 0) is 11.3 Å². The number of hydrogen-bond acceptors (Lipinski definition) is 5. The lowest BCUT2D eigenvalue weighted by Crippen LogP contribution is -2.37. The topological polar surface area (TPSA) is 58.6 Å². The lowest BCUT2D eigenvalue weighted by molar-refractivity contribution is 0.0503. The van der Waals surface area contributed by atoms with Gasteiger partial charge in [0.2, 0.25) is 0 Å². The third kappa shape index (κ3) is 4.54. The highest BCUT2D eigenvalue weighted by molar-refractivity contribution is 5.93. The Hall–Kier alpha value is -2.99. The molecule has 2 heterocycles. The third-order valence-corrected chi connectivity index (χ3v) is 5.23. The molecule has 1 aliphatic rings. The molecule has 6 nitrogen and oxygen atoms in total. The lowest BCUT2D eigenvalue weighted by atomic mass is 10.1. The number of para-hydroxylation sites is 2. The number of benzene rings is 2. The number of anilines is 1. The van der Waals surface area contributed by atoms with E-state index in [0.717, 1.165) is 41.7 Å². The molecule has 0 radical (unpaired) electrons. The van der Waals surface area contributed by atoms with Crippen LogP contribution in [0.25, 0.3) is 11.0 Å². The van der Waals surface area contributed by atoms with Crippen LogP contribution in [0.5, 0.6) is 0 Å². The second-order valence-electron chi connectivity index (χ2n) is 7.63. The quantitative estimate of drug-likeness (QED) is 0.645. The van der Waals surface area contributed by atoms with E-state index in [-0.39, 0.29) is 12.0 Å². The predicted octanol–water partition coefficient (Wildman–Crippen LogP) is 3.52. The van der Waals surface area contributed by atoms with Crippen molar-refractivity contribution in [1.82, 2.24) is 14.9 Å². The zero-order valence-electron chi connectivity index (χ0n) is 16.9. The fourth-order valence-corrected chi connectivity index (χ4v) is 3.60. The maximum absolute atomic E-state index is 13.3. The average molecular weight is 390 g/mol. The van der Waals surface area contributed by atoms with Crippen LogP contribution in [0.2, 0.25) is 0 Å². The van der Waals surface area contributed by atoms with Crippen LogP contribution in [0.3, 0.4) is 0 Å². The minimum Gasteiger partial charge on any atom is -0.378 e. The molecule has 2 aromatic carbocycles. The first-order chi connectivity index (χ1) is 14.1. The minimum absolute atomic E-state index is 0.0772. The highest BCUT2D eigenvalue weighted by Gasteiger charge is 2.25. The molecule has 0 unspecified atom stereocenters. The van der Waals surface area contributed by atoms with E-state index in [0.29, 0.717) is 18.8 Å². The number of nitrogens with zero attached hydrogens (tertiary/aromatic N) is 4. The van der Waals surface area contributed by atoms with Gasteiger partial charge in [-0.05, 0) is 42.7 Å². The van der Waals surface area contributed by atoms with Gasteiger partial charge in [0, 0.05) is 39.5 Å². The summed E-state index contributed by atoms with van der Waals surface area (Å²) in [5, 5.41) is 0. The van der Waals surface area contributed by atoms with E-state index in [2.05, 4.69) is 39.1 Å². The smallest absolute Gasteiger partial charge is 0.274 e. The van der Waals surface area contributed by atoms with Crippen molar-refractivity contribution in [2.24, 2.45) is 0 Å². The van der Waals surface area contributed by atoms with Gasteiger partial charge in [0.25, 0.3) is 5.91 Å². The van der Waals surface area contributed by atoms with Gasteiger partial charge in [-0.1, -0.05) is 24.3 Å². The molecule has 1 aromatic heterocycles. The molecule has 6 heteroatoms. The molecule has 4 rings (SSSR count). The van der Waals surface area contributed by atoms with Gasteiger partial charge < -0.3 is 14.5 Å². The fourth-order valence-electron chi connectivity index (χ4n) is 3.60. The minimum atomic E-state index is -0.115. The zero-order valence-corrected chi connectivity index (χ0v) is 16.9. The molecule has 1 saturated heterocycles. The van der Waals surface area contributed by atoms with Gasteiger partial charge >= 0.3 is 0 Å². The molecule has 150 valence electrons. The lowest BCUT2D eigenvalue weighted by Gasteiger charge is -2.25. The summed E-state index contributed by atoms with van der Waals surface area (Å²) in [6.07, 6.45) is 3.67. The van der Waals surface area contributed by atoms with Crippen molar-refractivity contribution in [3.05, 3.63) is 66.0 Å². The van der Waals surface area contributed by atoms with Crippen molar-refractivity contribution in [2.45, 2.75) is 25.5 Å². The van der Waals surface area contributed by atoms with Crippen molar-refractivity contribution in [3.8, 4) is 0 Å². The van der Waals surface area contributed by atoms with Crippen LogP contribution < -0.4 is 4.90 Å². The molecule has 0 aliphatic carbocycles. The Labute approximate surface area is 171 Å². The normalized spacial score (nSPS) is 16.1. The second-order valence-corrected chi connectivity index (χ2v) is 7.63. The van der Waals surface area contributed by atoms with Gasteiger partial charge in [0.1, 0.15) is 5.69 Å². The molecular formula is C23H26N4O2. The van der Waals surface area contributed by atoms with Gasteiger partial charge in [0.05, 0.1) is 23.3 Å². The zero-order chi connectivity index (χ0) is 20.2. The first-order valence-electron chi connectivity index (χ1n) is 9.99. The van der Waals surface area contributed by atoms with E-state index in [1.54, 1.807) is 6.20 Å². The van der Waals surface area contributed by atoms with Crippen molar-refractivity contribution in [1.29, 1.82) is 0 Å². The summed E-state index contributed by atoms with van der Waals surface area (Å²) < 4.78 is 5.79. The van der Waals surface area contributed by atoms with Gasteiger partial charge in [-0.15, -0.1) is 0 Å². The predicted molar refractivity (Wildman–Crippen MR) is 114 cm³/mol. The average Bonchev–Trinajstić information content (AvgIpc) is 3.26. The van der Waals surface area contributed by atoms with Crippen LogP contribution in [-0.4, -0.2) is 54.1 Å². The number of aromatic nitrogens is 2. The monoisotopic (exact) mass is 390 g/mol. The molecule has 1 fully saturated rings. The summed E-state index contributed by atoms with van der Waals surface area (Å²) in [6, 6.07) is 15.9. The van der Waals surface area contributed by atoms with Gasteiger partial charge in [0.15, 0.2) is 0 Å². The first kappa shape index (κ1) is 19.3. The summed E-state index contributed by atoms with van der Waals surface area (Å²) in [7, 11) is 4.03. The SMILES string of the molecule is CN(C)c1ccc(CN(C[C@@H]2CCCO2)C(=O)c2cnc3ccccc3n2)cc1. The molecule has 0 spiro atoms. The van der Waals surface area contributed by atoms with Gasteiger partial charge in [-0.2, -0.15) is 0 Å². The summed E-state index contributed by atoms with van der Waals surface area (Å²) in [5.74, 6) is -0.115. The van der Waals surface area contributed by atoms with Crippen LogP contribution >= 0.6 is 0 Å². The molecule has 3 aromatic rings. The van der Waals surface area contributed by atoms with Gasteiger partial charge in [-0.25, -0.2) is 4.98 Å². The highest BCUT2D eigenvalue weighted by Crippen LogP contribution is 2.19. The van der Waals surface area contributed by atoms with Crippen LogP contribution in [0.4, 0.5) is 5.69 Å². The highest BCUT2D eigenvalue weighted by atomic mass is 16.5. The molecule has 1 amide bonds. The van der Waals surface area contributed by atoms with Crippen molar-refractivity contribution in [2.75, 3.05) is 32.1 Å². The van der Waals surface area contributed by atoms with Crippen molar-refractivity contribution >= 4 is 22.6 Å².